The molecular weight excluding hydrogens is 268 g/mol. The smallest absolute Gasteiger partial charge is 0.255 e. The fourth-order valence-electron chi connectivity index (χ4n) is 1.97. The Balaban J connectivity index is 2.03. The summed E-state index contributed by atoms with van der Waals surface area (Å²) in [6.45, 7) is 6.23. The van der Waals surface area contributed by atoms with Crippen molar-refractivity contribution in [3.63, 3.8) is 0 Å². The van der Waals surface area contributed by atoms with Gasteiger partial charge in [-0.1, -0.05) is 0 Å². The Hall–Kier alpha value is -2.11. The molecule has 1 aliphatic carbocycles. The molecule has 1 atom stereocenters. The molecule has 1 saturated carbocycles. The number of nitrogens with zero attached hydrogens (tertiary/aromatic N) is 1. The van der Waals surface area contributed by atoms with Crippen LogP contribution in [0, 0.1) is 6.92 Å². The largest absolute Gasteiger partial charge is 0.385 e. The summed E-state index contributed by atoms with van der Waals surface area (Å²) in [5.41, 5.74) is 2.02. The van der Waals surface area contributed by atoms with Crippen LogP contribution in [0.4, 0.5) is 5.69 Å². The lowest BCUT2D eigenvalue weighted by Crippen LogP contribution is -2.45. The molecule has 1 aromatic rings. The van der Waals surface area contributed by atoms with Crippen LogP contribution in [-0.4, -0.2) is 35.4 Å². The third-order valence-electron chi connectivity index (χ3n) is 3.32. The number of aryl methyl sites for hydroxylation is 1. The first-order chi connectivity index (χ1) is 10.0. The summed E-state index contributed by atoms with van der Waals surface area (Å²) in [5, 5.41) is 8.73. The number of nitrogens with one attached hydrogen (secondary N) is 3. The topological polar surface area (TPSA) is 83.1 Å². The van der Waals surface area contributed by atoms with Crippen molar-refractivity contribution >= 4 is 17.5 Å². The van der Waals surface area contributed by atoms with Crippen molar-refractivity contribution in [2.45, 2.75) is 45.7 Å². The zero-order valence-corrected chi connectivity index (χ0v) is 12.7. The van der Waals surface area contributed by atoms with Gasteiger partial charge in [-0.05, 0) is 39.7 Å². The second-order valence-electron chi connectivity index (χ2n) is 5.38. The monoisotopic (exact) mass is 290 g/mol. The summed E-state index contributed by atoms with van der Waals surface area (Å²) < 4.78 is 0. The molecule has 0 aliphatic heterocycles. The number of anilines is 1. The Morgan fingerprint density at radius 3 is 2.76 bits per heavy atom. The van der Waals surface area contributed by atoms with Gasteiger partial charge in [-0.25, -0.2) is 0 Å². The minimum absolute atomic E-state index is 0.143. The highest BCUT2D eigenvalue weighted by Crippen LogP contribution is 2.19. The first-order valence-electron chi connectivity index (χ1n) is 7.33. The fourth-order valence-corrected chi connectivity index (χ4v) is 1.97. The number of amides is 2. The van der Waals surface area contributed by atoms with Crippen LogP contribution < -0.4 is 16.0 Å². The molecule has 0 aromatic carbocycles. The van der Waals surface area contributed by atoms with E-state index >= 15 is 0 Å². The average molecular weight is 290 g/mol. The Labute approximate surface area is 124 Å². The Kier molecular flexibility index (Phi) is 4.77. The minimum atomic E-state index is -0.561. The van der Waals surface area contributed by atoms with Crippen LogP contribution in [-0.2, 0) is 4.79 Å². The average Bonchev–Trinajstić information content (AvgIpc) is 3.23. The Morgan fingerprint density at radius 2 is 2.14 bits per heavy atom. The standard InChI is InChI=1S/C15H22N4O2/c1-4-16-13-7-9(2)17-8-12(13)15(21)18-10(3)14(20)19-11-5-6-11/h7-8,10-11H,4-6H2,1-3H3,(H,16,17)(H,18,21)(H,19,20). The number of hydrogen-bond acceptors (Lipinski definition) is 4. The van der Waals surface area contributed by atoms with Crippen LogP contribution in [0.25, 0.3) is 0 Å². The molecule has 1 unspecified atom stereocenters. The third-order valence-corrected chi connectivity index (χ3v) is 3.32. The molecule has 114 valence electrons. The second-order valence-corrected chi connectivity index (χ2v) is 5.38. The van der Waals surface area contributed by atoms with Gasteiger partial charge in [0.05, 0.1) is 11.3 Å². The molecule has 1 aromatic heterocycles. The zero-order chi connectivity index (χ0) is 15.4. The predicted molar refractivity (Wildman–Crippen MR) is 81.2 cm³/mol. The van der Waals surface area contributed by atoms with E-state index in [2.05, 4.69) is 20.9 Å². The molecule has 3 N–H and O–H groups in total. The van der Waals surface area contributed by atoms with Crippen LogP contribution in [0.3, 0.4) is 0 Å². The normalized spacial score (nSPS) is 15.2. The lowest BCUT2D eigenvalue weighted by Gasteiger charge is -2.16. The van der Waals surface area contributed by atoms with Gasteiger partial charge in [-0.2, -0.15) is 0 Å². The molecule has 0 radical (unpaired) electrons. The van der Waals surface area contributed by atoms with Crippen LogP contribution in [0.1, 0.15) is 42.7 Å². The Morgan fingerprint density at radius 1 is 1.43 bits per heavy atom. The van der Waals surface area contributed by atoms with E-state index in [1.165, 1.54) is 6.20 Å². The van der Waals surface area contributed by atoms with Gasteiger partial charge in [0, 0.05) is 24.5 Å². The van der Waals surface area contributed by atoms with E-state index in [9.17, 15) is 9.59 Å². The maximum Gasteiger partial charge on any atom is 0.255 e. The van der Waals surface area contributed by atoms with Gasteiger partial charge >= 0.3 is 0 Å². The van der Waals surface area contributed by atoms with E-state index in [0.29, 0.717) is 12.1 Å². The molecule has 0 saturated heterocycles. The molecule has 2 amide bonds. The maximum absolute atomic E-state index is 12.3. The van der Waals surface area contributed by atoms with Gasteiger partial charge < -0.3 is 16.0 Å². The van der Waals surface area contributed by atoms with Crippen LogP contribution in [0.15, 0.2) is 12.3 Å². The van der Waals surface area contributed by atoms with E-state index < -0.39 is 6.04 Å². The molecule has 1 fully saturated rings. The zero-order valence-electron chi connectivity index (χ0n) is 12.7. The highest BCUT2D eigenvalue weighted by Gasteiger charge is 2.26. The van der Waals surface area contributed by atoms with Crippen molar-refractivity contribution in [1.82, 2.24) is 15.6 Å². The van der Waals surface area contributed by atoms with Gasteiger partial charge in [-0.3, -0.25) is 14.6 Å². The van der Waals surface area contributed by atoms with Crippen molar-refractivity contribution < 1.29 is 9.59 Å². The third kappa shape index (κ3) is 4.18. The van der Waals surface area contributed by atoms with E-state index in [4.69, 9.17) is 0 Å². The number of pyridine rings is 1. The van der Waals surface area contributed by atoms with Gasteiger partial charge in [-0.15, -0.1) is 0 Å². The molecule has 2 rings (SSSR count). The summed E-state index contributed by atoms with van der Waals surface area (Å²) in [7, 11) is 0. The summed E-state index contributed by atoms with van der Waals surface area (Å²) in [6.07, 6.45) is 3.59. The molecule has 0 spiro atoms. The van der Waals surface area contributed by atoms with E-state index in [1.807, 2.05) is 19.9 Å². The van der Waals surface area contributed by atoms with Crippen molar-refractivity contribution in [2.24, 2.45) is 0 Å². The second kappa shape index (κ2) is 6.56. The van der Waals surface area contributed by atoms with E-state index in [-0.39, 0.29) is 17.9 Å². The number of hydrogen-bond donors (Lipinski definition) is 3. The fraction of sp³-hybridized carbons (Fsp3) is 0.533. The van der Waals surface area contributed by atoms with Crippen LogP contribution in [0.2, 0.25) is 0 Å². The molecule has 21 heavy (non-hydrogen) atoms. The van der Waals surface area contributed by atoms with E-state index in [1.54, 1.807) is 6.92 Å². The molecule has 1 aliphatic rings. The summed E-state index contributed by atoms with van der Waals surface area (Å²) in [5.74, 6) is -0.437. The number of carbonyl (C=O) groups excluding carboxylic acids is 2. The van der Waals surface area contributed by atoms with Crippen molar-refractivity contribution in [3.8, 4) is 0 Å². The quantitative estimate of drug-likeness (QED) is 0.735. The van der Waals surface area contributed by atoms with Crippen LogP contribution in [0.5, 0.6) is 0 Å². The highest BCUT2D eigenvalue weighted by atomic mass is 16.2. The van der Waals surface area contributed by atoms with Gasteiger partial charge in [0.2, 0.25) is 5.91 Å². The SMILES string of the molecule is CCNc1cc(C)ncc1C(=O)NC(C)C(=O)NC1CC1. The predicted octanol–water partition coefficient (Wildman–Crippen LogP) is 1.22. The van der Waals surface area contributed by atoms with Gasteiger partial charge in [0.1, 0.15) is 6.04 Å². The number of rotatable bonds is 6. The summed E-state index contributed by atoms with van der Waals surface area (Å²) in [6, 6.07) is 1.55. The van der Waals surface area contributed by atoms with E-state index in [0.717, 1.165) is 24.2 Å². The molecule has 1 heterocycles. The molecule has 6 nitrogen and oxygen atoms in total. The first-order valence-corrected chi connectivity index (χ1v) is 7.33. The minimum Gasteiger partial charge on any atom is -0.385 e. The molecule has 6 heteroatoms. The van der Waals surface area contributed by atoms with Crippen LogP contribution >= 0.6 is 0 Å². The first kappa shape index (κ1) is 15.3. The van der Waals surface area contributed by atoms with Crippen molar-refractivity contribution in [3.05, 3.63) is 23.5 Å². The van der Waals surface area contributed by atoms with Gasteiger partial charge in [0.25, 0.3) is 5.91 Å². The Bertz CT molecular complexity index is 540. The highest BCUT2D eigenvalue weighted by molar-refractivity contribution is 6.01. The molecule has 0 bridgehead atoms. The number of aromatic nitrogens is 1. The lowest BCUT2D eigenvalue weighted by atomic mass is 10.1. The summed E-state index contributed by atoms with van der Waals surface area (Å²) >= 11 is 0. The van der Waals surface area contributed by atoms with Crippen molar-refractivity contribution in [1.29, 1.82) is 0 Å². The lowest BCUT2D eigenvalue weighted by molar-refractivity contribution is -0.122. The molecular formula is C15H22N4O2. The maximum atomic E-state index is 12.3. The summed E-state index contributed by atoms with van der Waals surface area (Å²) in [4.78, 5) is 28.3. The van der Waals surface area contributed by atoms with Crippen molar-refractivity contribution in [2.75, 3.05) is 11.9 Å². The number of carbonyl (C=O) groups is 2. The van der Waals surface area contributed by atoms with Gasteiger partial charge in [0.15, 0.2) is 0 Å².